The van der Waals surface area contributed by atoms with E-state index in [-0.39, 0.29) is 11.9 Å². The molecule has 0 fully saturated rings. The Bertz CT molecular complexity index is 633. The number of aromatic nitrogens is 2. The number of carbonyl (C=O) groups excluding carboxylic acids is 1. The van der Waals surface area contributed by atoms with E-state index >= 15 is 0 Å². The van der Waals surface area contributed by atoms with Crippen molar-refractivity contribution in [3.8, 4) is 5.69 Å². The first-order chi connectivity index (χ1) is 10.0. The first-order valence-electron chi connectivity index (χ1n) is 7.10. The lowest BCUT2D eigenvalue weighted by Crippen LogP contribution is -2.37. The number of nitrogens with zero attached hydrogens (tertiary/aromatic N) is 2. The molecule has 2 rings (SSSR count). The van der Waals surface area contributed by atoms with Gasteiger partial charge in [0.1, 0.15) is 0 Å². The number of nitrogens with one attached hydrogen (secondary N) is 2. The lowest BCUT2D eigenvalue weighted by molar-refractivity contribution is 0.0950. The number of likely N-dealkylation sites (N-methyl/N-ethyl adjacent to an activating group) is 1. The van der Waals surface area contributed by atoms with E-state index in [1.807, 2.05) is 56.8 Å². The third-order valence-corrected chi connectivity index (χ3v) is 3.66. The Kier molecular flexibility index (Phi) is 4.75. The Morgan fingerprint density at radius 2 is 2.05 bits per heavy atom. The van der Waals surface area contributed by atoms with E-state index < -0.39 is 0 Å². The first-order valence-corrected chi connectivity index (χ1v) is 7.10. The highest BCUT2D eigenvalue weighted by atomic mass is 16.1. The molecule has 0 radical (unpaired) electrons. The highest BCUT2D eigenvalue weighted by Crippen LogP contribution is 2.17. The van der Waals surface area contributed by atoms with Gasteiger partial charge >= 0.3 is 0 Å². The Balaban J connectivity index is 2.21. The standard InChI is InChI=1S/C16H22N4O/c1-11-7-5-6-8-15(11)20-13(3)14(10-19-20)16(21)18-9-12(2)17-4/h5-8,10,12,17H,9H2,1-4H3,(H,18,21). The fourth-order valence-corrected chi connectivity index (χ4v) is 2.12. The summed E-state index contributed by atoms with van der Waals surface area (Å²) >= 11 is 0. The van der Waals surface area contributed by atoms with Crippen molar-refractivity contribution in [3.05, 3.63) is 47.3 Å². The Morgan fingerprint density at radius 1 is 1.33 bits per heavy atom. The van der Waals surface area contributed by atoms with Gasteiger partial charge in [-0.1, -0.05) is 18.2 Å². The Morgan fingerprint density at radius 3 is 2.71 bits per heavy atom. The number of hydrogen-bond donors (Lipinski definition) is 2. The van der Waals surface area contributed by atoms with Gasteiger partial charge in [-0.2, -0.15) is 5.10 Å². The summed E-state index contributed by atoms with van der Waals surface area (Å²) in [4.78, 5) is 12.2. The molecule has 0 saturated carbocycles. The topological polar surface area (TPSA) is 58.9 Å². The molecule has 0 saturated heterocycles. The maximum Gasteiger partial charge on any atom is 0.254 e. The summed E-state index contributed by atoms with van der Waals surface area (Å²) in [5, 5.41) is 10.4. The van der Waals surface area contributed by atoms with Crippen LogP contribution in [0.4, 0.5) is 0 Å². The van der Waals surface area contributed by atoms with E-state index in [1.54, 1.807) is 6.20 Å². The molecule has 1 atom stereocenters. The van der Waals surface area contributed by atoms with Gasteiger partial charge < -0.3 is 10.6 Å². The molecule has 1 aromatic heterocycles. The van der Waals surface area contributed by atoms with E-state index in [0.717, 1.165) is 16.9 Å². The zero-order valence-corrected chi connectivity index (χ0v) is 13.0. The van der Waals surface area contributed by atoms with Crippen molar-refractivity contribution in [2.45, 2.75) is 26.8 Å². The monoisotopic (exact) mass is 286 g/mol. The van der Waals surface area contributed by atoms with Gasteiger partial charge in [-0.25, -0.2) is 4.68 Å². The average Bonchev–Trinajstić information content (AvgIpc) is 2.86. The summed E-state index contributed by atoms with van der Waals surface area (Å²) < 4.78 is 1.81. The minimum absolute atomic E-state index is 0.0885. The summed E-state index contributed by atoms with van der Waals surface area (Å²) in [6, 6.07) is 8.23. The number of para-hydroxylation sites is 1. The molecule has 2 aromatic rings. The van der Waals surface area contributed by atoms with Crippen molar-refractivity contribution in [2.75, 3.05) is 13.6 Å². The lowest BCUT2D eigenvalue weighted by atomic mass is 10.2. The normalized spacial score (nSPS) is 12.2. The molecule has 2 N–H and O–H groups in total. The van der Waals surface area contributed by atoms with Crippen LogP contribution in [0.2, 0.25) is 0 Å². The number of carbonyl (C=O) groups is 1. The molecule has 5 nitrogen and oxygen atoms in total. The minimum atomic E-state index is -0.0885. The van der Waals surface area contributed by atoms with Crippen molar-refractivity contribution in [2.24, 2.45) is 0 Å². The van der Waals surface area contributed by atoms with Crippen molar-refractivity contribution < 1.29 is 4.79 Å². The second-order valence-electron chi connectivity index (χ2n) is 5.24. The summed E-state index contributed by atoms with van der Waals surface area (Å²) in [5.41, 5.74) is 3.58. The number of rotatable bonds is 5. The van der Waals surface area contributed by atoms with Crippen molar-refractivity contribution in [1.82, 2.24) is 20.4 Å². The van der Waals surface area contributed by atoms with Gasteiger partial charge in [0.05, 0.1) is 23.1 Å². The average molecular weight is 286 g/mol. The van der Waals surface area contributed by atoms with Crippen LogP contribution < -0.4 is 10.6 Å². The molecule has 1 unspecified atom stereocenters. The fourth-order valence-electron chi connectivity index (χ4n) is 2.12. The van der Waals surface area contributed by atoms with Crippen molar-refractivity contribution in [1.29, 1.82) is 0 Å². The number of benzene rings is 1. The quantitative estimate of drug-likeness (QED) is 0.881. The van der Waals surface area contributed by atoms with Crippen LogP contribution in [0.15, 0.2) is 30.5 Å². The molecule has 0 aliphatic carbocycles. The van der Waals surface area contributed by atoms with Crippen LogP contribution in [0.3, 0.4) is 0 Å². The molecule has 0 aliphatic heterocycles. The molecule has 0 spiro atoms. The van der Waals surface area contributed by atoms with Crippen LogP contribution in [0.25, 0.3) is 5.69 Å². The molecular weight excluding hydrogens is 264 g/mol. The first kappa shape index (κ1) is 15.3. The van der Waals surface area contributed by atoms with E-state index in [4.69, 9.17) is 0 Å². The maximum absolute atomic E-state index is 12.2. The highest BCUT2D eigenvalue weighted by Gasteiger charge is 2.16. The molecule has 1 heterocycles. The van der Waals surface area contributed by atoms with Crippen LogP contribution in [-0.2, 0) is 0 Å². The van der Waals surface area contributed by atoms with Gasteiger partial charge in [0.2, 0.25) is 0 Å². The second kappa shape index (κ2) is 6.54. The number of aryl methyl sites for hydroxylation is 1. The highest BCUT2D eigenvalue weighted by molar-refractivity contribution is 5.95. The van der Waals surface area contributed by atoms with Crippen LogP contribution >= 0.6 is 0 Å². The zero-order valence-electron chi connectivity index (χ0n) is 13.0. The van der Waals surface area contributed by atoms with Gasteiger partial charge in [-0.3, -0.25) is 4.79 Å². The zero-order chi connectivity index (χ0) is 15.4. The molecule has 1 amide bonds. The van der Waals surface area contributed by atoms with Gasteiger partial charge in [-0.15, -0.1) is 0 Å². The second-order valence-corrected chi connectivity index (χ2v) is 5.24. The molecule has 0 bridgehead atoms. The van der Waals surface area contributed by atoms with E-state index in [2.05, 4.69) is 15.7 Å². The predicted octanol–water partition coefficient (Wildman–Crippen LogP) is 1.83. The van der Waals surface area contributed by atoms with Gasteiger partial charge in [-0.05, 0) is 39.4 Å². The smallest absolute Gasteiger partial charge is 0.254 e. The van der Waals surface area contributed by atoms with Gasteiger partial charge in [0, 0.05) is 12.6 Å². The Labute approximate surface area is 125 Å². The molecule has 21 heavy (non-hydrogen) atoms. The molecule has 112 valence electrons. The van der Waals surface area contributed by atoms with E-state index in [9.17, 15) is 4.79 Å². The van der Waals surface area contributed by atoms with Crippen LogP contribution in [0.5, 0.6) is 0 Å². The third-order valence-electron chi connectivity index (χ3n) is 3.66. The third kappa shape index (κ3) is 3.31. The molecular formula is C16H22N4O. The summed E-state index contributed by atoms with van der Waals surface area (Å²) in [7, 11) is 1.87. The molecule has 5 heteroatoms. The van der Waals surface area contributed by atoms with Crippen molar-refractivity contribution >= 4 is 5.91 Å². The number of hydrogen-bond acceptors (Lipinski definition) is 3. The van der Waals surface area contributed by atoms with Crippen LogP contribution in [0, 0.1) is 13.8 Å². The van der Waals surface area contributed by atoms with Crippen LogP contribution in [0.1, 0.15) is 28.5 Å². The summed E-state index contributed by atoms with van der Waals surface area (Å²) in [5.74, 6) is -0.0885. The lowest BCUT2D eigenvalue weighted by Gasteiger charge is -2.11. The van der Waals surface area contributed by atoms with Crippen LogP contribution in [-0.4, -0.2) is 35.3 Å². The molecule has 1 aromatic carbocycles. The fraction of sp³-hybridized carbons (Fsp3) is 0.375. The molecule has 0 aliphatic rings. The van der Waals surface area contributed by atoms with Crippen molar-refractivity contribution in [3.63, 3.8) is 0 Å². The minimum Gasteiger partial charge on any atom is -0.350 e. The van der Waals surface area contributed by atoms with Gasteiger partial charge in [0.15, 0.2) is 0 Å². The summed E-state index contributed by atoms with van der Waals surface area (Å²) in [6.07, 6.45) is 1.63. The van der Waals surface area contributed by atoms with E-state index in [1.165, 1.54) is 0 Å². The number of amides is 1. The SMILES string of the molecule is CNC(C)CNC(=O)c1cnn(-c2ccccc2C)c1C. The van der Waals surface area contributed by atoms with Gasteiger partial charge in [0.25, 0.3) is 5.91 Å². The maximum atomic E-state index is 12.2. The predicted molar refractivity (Wildman–Crippen MR) is 83.9 cm³/mol. The Hall–Kier alpha value is -2.14. The summed E-state index contributed by atoms with van der Waals surface area (Å²) in [6.45, 7) is 6.55. The largest absolute Gasteiger partial charge is 0.350 e. The van der Waals surface area contributed by atoms with E-state index in [0.29, 0.717) is 12.1 Å².